The molecule has 2 aromatic carbocycles. The zero-order chi connectivity index (χ0) is 22.0. The second kappa shape index (κ2) is 7.94. The van der Waals surface area contributed by atoms with E-state index in [-0.39, 0.29) is 5.69 Å². The van der Waals surface area contributed by atoms with Crippen molar-refractivity contribution in [3.63, 3.8) is 0 Å². The largest absolute Gasteiger partial charge is 0.416 e. The predicted molar refractivity (Wildman–Crippen MR) is 109 cm³/mol. The maximum absolute atomic E-state index is 12.6. The average Bonchev–Trinajstić information content (AvgIpc) is 3.11. The van der Waals surface area contributed by atoms with Crippen LogP contribution in [-0.4, -0.2) is 29.5 Å². The number of benzene rings is 2. The molecular formula is C20H17F3N6O2. The Morgan fingerprint density at radius 1 is 1.00 bits per heavy atom. The first kappa shape index (κ1) is 20.1. The summed E-state index contributed by atoms with van der Waals surface area (Å²) in [6.07, 6.45) is 0.579. The molecule has 0 aromatic heterocycles. The molecule has 2 aliphatic heterocycles. The Hall–Kier alpha value is -4.15. The van der Waals surface area contributed by atoms with Crippen LogP contribution in [0.3, 0.4) is 0 Å². The summed E-state index contributed by atoms with van der Waals surface area (Å²) in [7, 11) is 1.85. The number of hydrazine groups is 1. The molecule has 0 saturated heterocycles. The minimum absolute atomic E-state index is 0.238. The summed E-state index contributed by atoms with van der Waals surface area (Å²) in [5, 5.41) is 8.38. The summed E-state index contributed by atoms with van der Waals surface area (Å²) in [5.74, 6) is 0.511. The number of hydrogen-bond donors (Lipinski definition) is 3. The number of hydrogen-bond acceptors (Lipinski definition) is 6. The summed E-state index contributed by atoms with van der Waals surface area (Å²) in [4.78, 5) is 22.0. The van der Waals surface area contributed by atoms with Gasteiger partial charge in [0.2, 0.25) is 0 Å². The number of hydroxylamine groups is 2. The molecule has 8 nitrogen and oxygen atoms in total. The first-order chi connectivity index (χ1) is 14.8. The number of nitrogens with zero attached hydrogens (tertiary/aromatic N) is 3. The van der Waals surface area contributed by atoms with Crippen molar-refractivity contribution in [2.24, 2.45) is 4.99 Å². The van der Waals surface area contributed by atoms with Crippen molar-refractivity contribution in [1.29, 1.82) is 0 Å². The number of likely N-dealkylation sites (N-methyl/N-ethyl adjacent to an activating group) is 1. The Bertz CT molecular complexity index is 1060. The molecular weight excluding hydrogens is 413 g/mol. The number of aliphatic imine (C=N–C) groups is 1. The molecule has 0 atom stereocenters. The highest BCUT2D eigenvalue weighted by atomic mass is 19.4. The van der Waals surface area contributed by atoms with Crippen molar-refractivity contribution < 1.29 is 22.8 Å². The van der Waals surface area contributed by atoms with Crippen LogP contribution >= 0.6 is 0 Å². The lowest BCUT2D eigenvalue weighted by molar-refractivity contribution is -0.137. The molecule has 0 saturated carbocycles. The van der Waals surface area contributed by atoms with Crippen LogP contribution in [0, 0.1) is 0 Å². The lowest BCUT2D eigenvalue weighted by Crippen LogP contribution is -2.30. The molecule has 0 aliphatic carbocycles. The van der Waals surface area contributed by atoms with Gasteiger partial charge < -0.3 is 20.9 Å². The van der Waals surface area contributed by atoms with Gasteiger partial charge in [-0.15, -0.1) is 0 Å². The van der Waals surface area contributed by atoms with Gasteiger partial charge in [0.1, 0.15) is 17.7 Å². The maximum Gasteiger partial charge on any atom is 0.416 e. The Kier molecular flexibility index (Phi) is 5.15. The van der Waals surface area contributed by atoms with Gasteiger partial charge in [0, 0.05) is 24.6 Å². The number of anilines is 2. The Labute approximate surface area is 175 Å². The summed E-state index contributed by atoms with van der Waals surface area (Å²) in [6, 6.07) is 10.2. The van der Waals surface area contributed by atoms with E-state index in [0.29, 0.717) is 11.4 Å². The van der Waals surface area contributed by atoms with E-state index in [4.69, 9.17) is 4.84 Å². The van der Waals surface area contributed by atoms with Gasteiger partial charge in [-0.1, -0.05) is 0 Å². The van der Waals surface area contributed by atoms with Crippen molar-refractivity contribution in [3.05, 3.63) is 77.9 Å². The number of alkyl halides is 3. The normalized spacial score (nSPS) is 15.0. The zero-order valence-electron chi connectivity index (χ0n) is 16.1. The van der Waals surface area contributed by atoms with E-state index in [1.165, 1.54) is 23.5 Å². The van der Waals surface area contributed by atoms with Gasteiger partial charge in [-0.2, -0.15) is 18.2 Å². The van der Waals surface area contributed by atoms with E-state index < -0.39 is 17.8 Å². The molecule has 0 radical (unpaired) electrons. The van der Waals surface area contributed by atoms with Crippen molar-refractivity contribution in [1.82, 2.24) is 15.5 Å². The van der Waals surface area contributed by atoms with Crippen molar-refractivity contribution in [2.45, 2.75) is 6.18 Å². The molecule has 0 spiro atoms. The number of rotatable bonds is 4. The van der Waals surface area contributed by atoms with Gasteiger partial charge in [-0.25, -0.2) is 9.79 Å². The SMILES string of the molecule is CN1NC=C2C1=CN=CN2Oc1ccc(NC(=O)Nc2ccc(C(F)(F)F)cc2)cc1. The Morgan fingerprint density at radius 2 is 1.61 bits per heavy atom. The van der Waals surface area contributed by atoms with E-state index in [1.807, 2.05) is 7.05 Å². The van der Waals surface area contributed by atoms with Gasteiger partial charge in [0.25, 0.3) is 0 Å². The van der Waals surface area contributed by atoms with Crippen LogP contribution in [0.15, 0.2) is 77.3 Å². The molecule has 2 heterocycles. The third kappa shape index (κ3) is 4.55. The monoisotopic (exact) mass is 430 g/mol. The van der Waals surface area contributed by atoms with E-state index in [0.717, 1.165) is 23.5 Å². The number of fused-ring (bicyclic) bond motifs is 1. The zero-order valence-corrected chi connectivity index (χ0v) is 16.1. The second-order valence-electron chi connectivity index (χ2n) is 6.59. The fraction of sp³-hybridized carbons (Fsp3) is 0.100. The van der Waals surface area contributed by atoms with E-state index >= 15 is 0 Å². The summed E-state index contributed by atoms with van der Waals surface area (Å²) in [5.41, 5.74) is 4.60. The number of halogens is 3. The Morgan fingerprint density at radius 3 is 2.23 bits per heavy atom. The molecule has 0 fully saturated rings. The first-order valence-corrected chi connectivity index (χ1v) is 9.06. The maximum atomic E-state index is 12.6. The molecule has 3 N–H and O–H groups in total. The quantitative estimate of drug-likeness (QED) is 0.680. The van der Waals surface area contributed by atoms with E-state index in [1.54, 1.807) is 41.7 Å². The molecule has 2 aromatic rings. The molecule has 2 aliphatic rings. The third-order valence-corrected chi connectivity index (χ3v) is 4.41. The second-order valence-corrected chi connectivity index (χ2v) is 6.59. The van der Waals surface area contributed by atoms with Gasteiger partial charge in [-0.3, -0.25) is 5.01 Å². The highest BCUT2D eigenvalue weighted by Crippen LogP contribution is 2.30. The van der Waals surface area contributed by atoms with Crippen molar-refractivity contribution >= 4 is 23.7 Å². The Balaban J connectivity index is 1.33. The first-order valence-electron chi connectivity index (χ1n) is 9.06. The fourth-order valence-corrected chi connectivity index (χ4v) is 2.85. The fourth-order valence-electron chi connectivity index (χ4n) is 2.85. The molecule has 4 rings (SSSR count). The number of carbonyl (C=O) groups excluding carboxylic acids is 1. The molecule has 31 heavy (non-hydrogen) atoms. The molecule has 160 valence electrons. The highest BCUT2D eigenvalue weighted by Gasteiger charge is 2.30. The molecule has 0 unspecified atom stereocenters. The summed E-state index contributed by atoms with van der Waals surface area (Å²) >= 11 is 0. The summed E-state index contributed by atoms with van der Waals surface area (Å²) < 4.78 is 37.8. The van der Waals surface area contributed by atoms with Crippen LogP contribution in [0.25, 0.3) is 0 Å². The van der Waals surface area contributed by atoms with Gasteiger partial charge in [-0.05, 0) is 48.5 Å². The van der Waals surface area contributed by atoms with Gasteiger partial charge in [0.05, 0.1) is 11.8 Å². The lowest BCUT2D eigenvalue weighted by Gasteiger charge is -2.25. The van der Waals surface area contributed by atoms with Gasteiger partial charge in [0.15, 0.2) is 5.75 Å². The van der Waals surface area contributed by atoms with Crippen LogP contribution in [0.5, 0.6) is 5.75 Å². The summed E-state index contributed by atoms with van der Waals surface area (Å²) in [6.45, 7) is 0. The number of amides is 2. The average molecular weight is 430 g/mol. The van der Waals surface area contributed by atoms with Crippen LogP contribution in [-0.2, 0) is 6.18 Å². The van der Waals surface area contributed by atoms with Crippen LogP contribution in [0.1, 0.15) is 5.56 Å². The standard InChI is InChI=1S/C20H17F3N6O2/c1-28-17-10-24-12-29(18(17)11-25-28)31-16-8-6-15(7-9-16)27-19(30)26-14-4-2-13(3-5-14)20(21,22)23/h2-12,25H,1H3,(H2,26,27,30). The minimum Gasteiger partial charge on any atom is -0.374 e. The molecule has 2 amide bonds. The van der Waals surface area contributed by atoms with Crippen LogP contribution < -0.4 is 20.9 Å². The molecule has 11 heteroatoms. The van der Waals surface area contributed by atoms with E-state index in [9.17, 15) is 18.0 Å². The smallest absolute Gasteiger partial charge is 0.374 e. The van der Waals surface area contributed by atoms with Crippen LogP contribution in [0.4, 0.5) is 29.3 Å². The van der Waals surface area contributed by atoms with Gasteiger partial charge >= 0.3 is 12.2 Å². The number of carbonyl (C=O) groups is 1. The van der Waals surface area contributed by atoms with E-state index in [2.05, 4.69) is 21.1 Å². The molecule has 0 bridgehead atoms. The van der Waals surface area contributed by atoms with Crippen molar-refractivity contribution in [2.75, 3.05) is 17.7 Å². The number of nitrogens with one attached hydrogen (secondary N) is 3. The highest BCUT2D eigenvalue weighted by molar-refractivity contribution is 5.99. The number of urea groups is 1. The topological polar surface area (TPSA) is 81.2 Å². The lowest BCUT2D eigenvalue weighted by atomic mass is 10.2. The van der Waals surface area contributed by atoms with Crippen molar-refractivity contribution in [3.8, 4) is 5.75 Å². The third-order valence-electron chi connectivity index (χ3n) is 4.41. The minimum atomic E-state index is -4.43. The van der Waals surface area contributed by atoms with Crippen LogP contribution in [0.2, 0.25) is 0 Å². The predicted octanol–water partition coefficient (Wildman–Crippen LogP) is 4.12.